The summed E-state index contributed by atoms with van der Waals surface area (Å²) in [7, 11) is -3.16. The van der Waals surface area contributed by atoms with E-state index in [4.69, 9.17) is 0 Å². The van der Waals surface area contributed by atoms with Crippen LogP contribution >= 0.6 is 0 Å². The fourth-order valence-corrected chi connectivity index (χ4v) is 5.21. The van der Waals surface area contributed by atoms with E-state index in [1.165, 1.54) is 18.4 Å². The van der Waals surface area contributed by atoms with E-state index in [2.05, 4.69) is 31.2 Å². The molecular weight excluding hydrogens is 489 g/mol. The molecular formula is C28H22FN5O2S. The predicted octanol–water partition coefficient (Wildman–Crippen LogP) is 5.56. The second kappa shape index (κ2) is 8.94. The number of fused-ring (bicyclic) bond motifs is 2. The molecule has 2 aromatic carbocycles. The van der Waals surface area contributed by atoms with Crippen LogP contribution in [-0.4, -0.2) is 45.6 Å². The molecule has 0 bridgehead atoms. The van der Waals surface area contributed by atoms with Crippen molar-refractivity contribution < 1.29 is 12.8 Å². The summed E-state index contributed by atoms with van der Waals surface area (Å²) in [6.45, 7) is 0. The van der Waals surface area contributed by atoms with Gasteiger partial charge in [0.05, 0.1) is 28.7 Å². The third kappa shape index (κ3) is 4.61. The number of aromatic nitrogens is 5. The van der Waals surface area contributed by atoms with Crippen LogP contribution in [0.5, 0.6) is 0 Å². The number of halogens is 1. The van der Waals surface area contributed by atoms with Gasteiger partial charge in [0.2, 0.25) is 0 Å². The standard InChI is InChI=1S/C28H22FN5O2S/c1-37(35,36)9-6-17-10-20(12-21(29)11-17)24-15-31-16-27-22(24)14-26(32-27)28-23-13-19(2-3-25(23)33-34-28)18-4-7-30-8-5-18/h2-5,7-8,10-16,32H,6,9H2,1H3,(H,33,34). The van der Waals surface area contributed by atoms with E-state index >= 15 is 0 Å². The van der Waals surface area contributed by atoms with Gasteiger partial charge in [0.1, 0.15) is 21.3 Å². The molecule has 7 nitrogen and oxygen atoms in total. The number of sulfone groups is 1. The number of rotatable bonds is 6. The molecule has 37 heavy (non-hydrogen) atoms. The van der Waals surface area contributed by atoms with Crippen LogP contribution < -0.4 is 0 Å². The van der Waals surface area contributed by atoms with E-state index < -0.39 is 15.7 Å². The lowest BCUT2D eigenvalue weighted by molar-refractivity contribution is 0.600. The van der Waals surface area contributed by atoms with Gasteiger partial charge >= 0.3 is 0 Å². The van der Waals surface area contributed by atoms with Gasteiger partial charge in [-0.25, -0.2) is 12.8 Å². The van der Waals surface area contributed by atoms with Gasteiger partial charge in [0.15, 0.2) is 0 Å². The molecule has 184 valence electrons. The number of hydrogen-bond donors (Lipinski definition) is 2. The van der Waals surface area contributed by atoms with Gasteiger partial charge in [0, 0.05) is 41.2 Å². The van der Waals surface area contributed by atoms with Gasteiger partial charge < -0.3 is 4.98 Å². The van der Waals surface area contributed by atoms with Crippen LogP contribution in [0.15, 0.2) is 79.4 Å². The fourth-order valence-electron chi connectivity index (χ4n) is 4.61. The minimum absolute atomic E-state index is 0.0413. The van der Waals surface area contributed by atoms with Crippen LogP contribution in [0.4, 0.5) is 4.39 Å². The molecule has 0 unspecified atom stereocenters. The Hall–Kier alpha value is -4.37. The molecule has 2 N–H and O–H groups in total. The number of hydrogen-bond acceptors (Lipinski definition) is 5. The summed E-state index contributed by atoms with van der Waals surface area (Å²) < 4.78 is 37.7. The Labute approximate surface area is 212 Å². The molecule has 0 saturated heterocycles. The van der Waals surface area contributed by atoms with Crippen molar-refractivity contribution in [2.24, 2.45) is 0 Å². The zero-order chi connectivity index (χ0) is 25.6. The molecule has 0 aliphatic rings. The van der Waals surface area contributed by atoms with Crippen molar-refractivity contribution in [2.75, 3.05) is 12.0 Å². The number of benzene rings is 2. The highest BCUT2D eigenvalue weighted by atomic mass is 32.2. The van der Waals surface area contributed by atoms with Crippen LogP contribution in [0, 0.1) is 5.82 Å². The lowest BCUT2D eigenvalue weighted by Crippen LogP contribution is -2.06. The van der Waals surface area contributed by atoms with Crippen molar-refractivity contribution in [2.45, 2.75) is 6.42 Å². The topological polar surface area (TPSA) is 104 Å². The summed E-state index contributed by atoms with van der Waals surface area (Å²) >= 11 is 0. The molecule has 0 atom stereocenters. The maximum absolute atomic E-state index is 14.5. The van der Waals surface area contributed by atoms with E-state index in [9.17, 15) is 12.8 Å². The minimum atomic E-state index is -3.16. The lowest BCUT2D eigenvalue weighted by Gasteiger charge is -2.07. The first-order valence-electron chi connectivity index (χ1n) is 11.7. The second-order valence-electron chi connectivity index (χ2n) is 9.13. The van der Waals surface area contributed by atoms with E-state index in [0.717, 1.165) is 49.9 Å². The van der Waals surface area contributed by atoms with Crippen molar-refractivity contribution in [1.29, 1.82) is 0 Å². The Morgan fingerprint density at radius 3 is 2.49 bits per heavy atom. The highest BCUT2D eigenvalue weighted by Crippen LogP contribution is 2.35. The summed E-state index contributed by atoms with van der Waals surface area (Å²) in [6, 6.07) is 16.7. The number of aromatic amines is 2. The molecule has 0 aliphatic heterocycles. The molecule has 0 fully saturated rings. The highest BCUT2D eigenvalue weighted by molar-refractivity contribution is 7.90. The Bertz CT molecular complexity index is 1880. The molecule has 0 radical (unpaired) electrons. The summed E-state index contributed by atoms with van der Waals surface area (Å²) in [6.07, 6.45) is 8.37. The molecule has 9 heteroatoms. The van der Waals surface area contributed by atoms with Gasteiger partial charge in [0.25, 0.3) is 0 Å². The lowest BCUT2D eigenvalue weighted by atomic mass is 10.00. The molecule has 0 spiro atoms. The Morgan fingerprint density at radius 1 is 0.838 bits per heavy atom. The smallest absolute Gasteiger partial charge is 0.147 e. The molecule has 4 heterocycles. The molecule has 6 rings (SSSR count). The average Bonchev–Trinajstić information content (AvgIpc) is 3.51. The number of aryl methyl sites for hydroxylation is 1. The summed E-state index contributed by atoms with van der Waals surface area (Å²) in [5.41, 5.74) is 7.38. The van der Waals surface area contributed by atoms with Gasteiger partial charge in [-0.2, -0.15) is 5.10 Å². The Balaban J connectivity index is 1.44. The average molecular weight is 512 g/mol. The zero-order valence-corrected chi connectivity index (χ0v) is 20.7. The van der Waals surface area contributed by atoms with Crippen molar-refractivity contribution in [3.05, 3.63) is 90.8 Å². The number of nitrogens with zero attached hydrogens (tertiary/aromatic N) is 3. The van der Waals surface area contributed by atoms with E-state index in [0.29, 0.717) is 11.1 Å². The Kier molecular flexibility index (Phi) is 5.57. The maximum atomic E-state index is 14.5. The first-order valence-corrected chi connectivity index (χ1v) is 13.7. The predicted molar refractivity (Wildman–Crippen MR) is 143 cm³/mol. The monoisotopic (exact) mass is 511 g/mol. The quantitative estimate of drug-likeness (QED) is 0.305. The van der Waals surface area contributed by atoms with Gasteiger partial charge in [-0.05, 0) is 71.1 Å². The third-order valence-corrected chi connectivity index (χ3v) is 7.35. The number of H-pyrrole nitrogens is 2. The van der Waals surface area contributed by atoms with Gasteiger partial charge in [-0.3, -0.25) is 15.1 Å². The third-order valence-electron chi connectivity index (χ3n) is 6.41. The molecule has 4 aromatic heterocycles. The normalized spacial score (nSPS) is 11.9. The molecule has 6 aromatic rings. The van der Waals surface area contributed by atoms with Crippen LogP contribution in [0.3, 0.4) is 0 Å². The molecule has 0 amide bonds. The summed E-state index contributed by atoms with van der Waals surface area (Å²) in [5.74, 6) is -0.462. The number of pyridine rings is 2. The van der Waals surface area contributed by atoms with Crippen LogP contribution in [-0.2, 0) is 16.3 Å². The van der Waals surface area contributed by atoms with Crippen molar-refractivity contribution in [1.82, 2.24) is 25.1 Å². The first kappa shape index (κ1) is 23.1. The second-order valence-corrected chi connectivity index (χ2v) is 11.4. The van der Waals surface area contributed by atoms with Crippen molar-refractivity contribution in [3.63, 3.8) is 0 Å². The van der Waals surface area contributed by atoms with E-state index in [1.807, 2.05) is 36.4 Å². The fraction of sp³-hybridized carbons (Fsp3) is 0.107. The largest absolute Gasteiger partial charge is 0.352 e. The zero-order valence-electron chi connectivity index (χ0n) is 19.9. The maximum Gasteiger partial charge on any atom is 0.147 e. The van der Waals surface area contributed by atoms with Gasteiger partial charge in [-0.15, -0.1) is 0 Å². The summed E-state index contributed by atoms with van der Waals surface area (Å²) in [4.78, 5) is 11.9. The minimum Gasteiger partial charge on any atom is -0.352 e. The molecule has 0 aliphatic carbocycles. The van der Waals surface area contributed by atoms with E-state index in [1.54, 1.807) is 24.8 Å². The van der Waals surface area contributed by atoms with E-state index in [-0.39, 0.29) is 12.2 Å². The number of nitrogens with one attached hydrogen (secondary N) is 2. The highest BCUT2D eigenvalue weighted by Gasteiger charge is 2.16. The summed E-state index contributed by atoms with van der Waals surface area (Å²) in [5, 5.41) is 9.50. The van der Waals surface area contributed by atoms with Crippen LogP contribution in [0.2, 0.25) is 0 Å². The first-order chi connectivity index (χ1) is 17.8. The SMILES string of the molecule is CS(=O)(=O)CCc1cc(F)cc(-c2cncc3[nH]c(-c4n[nH]c5ccc(-c6ccncc6)cc45)cc23)c1. The Morgan fingerprint density at radius 2 is 1.68 bits per heavy atom. The van der Waals surface area contributed by atoms with Crippen molar-refractivity contribution >= 4 is 31.6 Å². The van der Waals surface area contributed by atoms with Crippen LogP contribution in [0.25, 0.3) is 55.4 Å². The van der Waals surface area contributed by atoms with Crippen molar-refractivity contribution in [3.8, 4) is 33.6 Å². The van der Waals surface area contributed by atoms with Crippen LogP contribution in [0.1, 0.15) is 5.56 Å². The van der Waals surface area contributed by atoms with Gasteiger partial charge in [-0.1, -0.05) is 12.1 Å². The molecule has 0 saturated carbocycles.